The van der Waals surface area contributed by atoms with Gasteiger partial charge < -0.3 is 29.5 Å². The van der Waals surface area contributed by atoms with E-state index in [1.807, 2.05) is 41.7 Å². The van der Waals surface area contributed by atoms with E-state index in [4.69, 9.17) is 52.6 Å². The third kappa shape index (κ3) is 28.6. The Hall–Kier alpha value is -9.28. The Morgan fingerprint density at radius 1 is 0.496 bits per heavy atom. The highest BCUT2D eigenvalue weighted by atomic mass is 35.5. The van der Waals surface area contributed by atoms with E-state index >= 15 is 0 Å². The summed E-state index contributed by atoms with van der Waals surface area (Å²) in [6.07, 6.45) is -6.87. The zero-order valence-corrected chi connectivity index (χ0v) is 81.2. The number of carbonyl (C=O) groups is 3. The van der Waals surface area contributed by atoms with Crippen LogP contribution in [0.1, 0.15) is 127 Å². The van der Waals surface area contributed by atoms with E-state index in [0.29, 0.717) is 12.1 Å². The maximum atomic E-state index is 13.6. The Bertz CT molecular complexity index is 5780. The third-order valence-electron chi connectivity index (χ3n) is 20.3. The number of primary sulfonamides is 1. The van der Waals surface area contributed by atoms with Crippen molar-refractivity contribution in [3.63, 3.8) is 0 Å². The molecule has 0 radical (unpaired) electrons. The van der Waals surface area contributed by atoms with Crippen LogP contribution in [0.4, 0.5) is 45.3 Å². The van der Waals surface area contributed by atoms with Crippen LogP contribution in [0.3, 0.4) is 0 Å². The van der Waals surface area contributed by atoms with Crippen LogP contribution in [0.5, 0.6) is 17.6 Å². The SMILES string of the molecule is CC(C)(COc1ccn(-c2ccc(C(=O)NS(=O)(=O)c3cccc([Si](C)(C)C)c3)c(Cl)n2)n1)C(F)(F)F.CC(C)(COc1ccn(-c2ccc(C(=O)O)c(Cl)n2)n1)C(F)(F)F.C[C@@H]1CN(c2nc(-n3ccc(OCC(C)(C)C(F)(F)F)n3)ccc2C(=O)NS(=O)(=O)c2cccc([Si](C)(C)C)c2)C(C)(C)C1.C[C@@H]1CNC(C)(C)C1.C[Si](C)(C)c1cccc(S(N)(=O)=O)c1. The molecule has 6 N–H and O–H groups in total. The molecular weight excluding hydrogens is 1820 g/mol. The number of benzene rings is 3. The van der Waals surface area contributed by atoms with Gasteiger partial charge in [0.1, 0.15) is 35.9 Å². The Morgan fingerprint density at radius 3 is 1.12 bits per heavy atom. The number of aromatic carboxylic acids is 1. The number of halogens is 11. The summed E-state index contributed by atoms with van der Waals surface area (Å²) in [5, 5.41) is 32.0. The number of nitrogens with zero attached hydrogens (tertiary/aromatic N) is 10. The van der Waals surface area contributed by atoms with Crippen molar-refractivity contribution in [2.45, 2.75) is 199 Å². The van der Waals surface area contributed by atoms with Crippen molar-refractivity contribution in [3.05, 3.63) is 173 Å². The van der Waals surface area contributed by atoms with Gasteiger partial charge in [-0.1, -0.05) is 148 Å². The Kier molecular flexibility index (Phi) is 32.7. The number of hydrogen-bond acceptors (Lipinski definition) is 20. The largest absolute Gasteiger partial charge is 0.478 e. The first kappa shape index (κ1) is 105. The van der Waals surface area contributed by atoms with Crippen LogP contribution in [0.15, 0.2) is 161 Å². The normalized spacial score (nSPS) is 15.8. The van der Waals surface area contributed by atoms with Gasteiger partial charge in [-0.3, -0.25) is 9.59 Å². The van der Waals surface area contributed by atoms with Gasteiger partial charge in [0.2, 0.25) is 27.7 Å². The summed E-state index contributed by atoms with van der Waals surface area (Å²) in [5.74, 6) is -1.08. The molecule has 8 heterocycles. The predicted octanol–water partition coefficient (Wildman–Crippen LogP) is 15.9. The van der Waals surface area contributed by atoms with Crippen LogP contribution in [0, 0.1) is 28.1 Å². The number of carboxylic acid groups (broad SMARTS) is 1. The van der Waals surface area contributed by atoms with Crippen LogP contribution in [-0.2, 0) is 30.1 Å². The fourth-order valence-electron chi connectivity index (χ4n) is 12.2. The van der Waals surface area contributed by atoms with E-state index in [0.717, 1.165) is 69.4 Å². The average molecular weight is 1930 g/mol. The minimum absolute atomic E-state index is 0.00444. The van der Waals surface area contributed by atoms with Gasteiger partial charge in [-0.05, 0) is 173 Å². The first-order chi connectivity index (χ1) is 57.8. The van der Waals surface area contributed by atoms with Gasteiger partial charge in [-0.15, -0.1) is 15.3 Å². The summed E-state index contributed by atoms with van der Waals surface area (Å²) in [4.78, 5) is 52.0. The number of alkyl halides is 9. The van der Waals surface area contributed by atoms with E-state index in [1.54, 1.807) is 36.4 Å². The van der Waals surface area contributed by atoms with Gasteiger partial charge in [0.05, 0.1) is 71.8 Å². The molecule has 0 bridgehead atoms. The minimum Gasteiger partial charge on any atom is -0.478 e. The number of carboxylic acids is 1. The lowest BCUT2D eigenvalue weighted by molar-refractivity contribution is -0.220. The first-order valence-corrected chi connectivity index (χ1v) is 55.5. The molecule has 127 heavy (non-hydrogen) atoms. The zero-order valence-electron chi connectivity index (χ0n) is 74.2. The molecule has 2 aliphatic heterocycles. The summed E-state index contributed by atoms with van der Waals surface area (Å²) in [7, 11) is -17.0. The molecule has 44 heteroatoms. The summed E-state index contributed by atoms with van der Waals surface area (Å²) in [6.45, 7) is 38.0. The lowest BCUT2D eigenvalue weighted by Crippen LogP contribution is -2.41. The van der Waals surface area contributed by atoms with E-state index in [-0.39, 0.29) is 88.5 Å². The highest BCUT2D eigenvalue weighted by Gasteiger charge is 2.50. The van der Waals surface area contributed by atoms with Crippen molar-refractivity contribution in [1.82, 2.24) is 59.1 Å². The highest BCUT2D eigenvalue weighted by Crippen LogP contribution is 2.42. The predicted molar refractivity (Wildman–Crippen MR) is 477 cm³/mol. The summed E-state index contributed by atoms with van der Waals surface area (Å²) >= 11 is 11.9. The van der Waals surface area contributed by atoms with E-state index in [9.17, 15) is 79.2 Å². The number of nitrogens with one attached hydrogen (secondary N) is 3. The molecule has 2 amide bonds. The number of aromatic nitrogens is 9. The van der Waals surface area contributed by atoms with E-state index in [1.165, 1.54) is 118 Å². The number of carbonyl (C=O) groups excluding carboxylic acids is 2. The van der Waals surface area contributed by atoms with Gasteiger partial charge in [0.15, 0.2) is 17.5 Å². The fraction of sp³-hybridized carbons (Fsp3) is 0.458. The maximum absolute atomic E-state index is 13.6. The van der Waals surface area contributed by atoms with Crippen LogP contribution in [-0.4, -0.2) is 179 Å². The van der Waals surface area contributed by atoms with Crippen molar-refractivity contribution in [3.8, 4) is 35.1 Å². The minimum atomic E-state index is -4.45. The Morgan fingerprint density at radius 2 is 0.827 bits per heavy atom. The molecule has 27 nitrogen and oxygen atoms in total. The van der Waals surface area contributed by atoms with E-state index < -0.39 is 132 Å². The molecule has 2 aliphatic rings. The quantitative estimate of drug-likeness (QED) is 0.0213. The molecule has 2 atom stereocenters. The molecule has 9 aromatic rings. The number of nitrogens with two attached hydrogens (primary N) is 1. The fourth-order valence-corrected chi connectivity index (χ4v) is 19.1. The first-order valence-electron chi connectivity index (χ1n) is 39.7. The lowest BCUT2D eigenvalue weighted by atomic mass is 9.94. The number of rotatable bonds is 24. The number of amides is 2. The summed E-state index contributed by atoms with van der Waals surface area (Å²) in [6, 6.07) is 32.4. The topological polar surface area (TPSA) is 359 Å². The summed E-state index contributed by atoms with van der Waals surface area (Å²) < 4.78 is 215. The van der Waals surface area contributed by atoms with Gasteiger partial charge in [-0.2, -0.15) is 39.5 Å². The average Bonchev–Trinajstić information content (AvgIpc) is 1.66. The molecule has 696 valence electrons. The smallest absolute Gasteiger partial charge is 0.397 e. The van der Waals surface area contributed by atoms with Gasteiger partial charge in [-0.25, -0.2) is 73.6 Å². The number of sulfonamides is 3. The standard InChI is InChI=1S/C30H40F3N5O4SSi.C23H26ClF3N4O4SSi.C14H13ClF3N3O3.C9H15NO2SSi.C7H15N/c1-20-17-29(4,5)37(18-20)26-23(27(39)36-43(40,41)21-10-9-11-22(16-21)44(6,7)8)12-13-24(34-26)38-15-14-25(35-38)42-19-28(2,3)30(31,32)33;1-22(2,23(25,26)27)14-35-19-11-12-31(29-19)18-10-9-17(20(24)28-18)21(32)30-36(33,34)15-7-6-8-16(13-15)37(3,4)5;1-13(2,14(16,17)18)7-24-10-5-6-21(20-10)9-4-3-8(12(22)23)11(15)19-9;1-14(2,3)9-6-4-5-8(7-9)13(10,11)12;1-6-4-7(2,3)8-5-6/h9-16,20H,17-19H2,1-8H3,(H,36,39);6-13H,14H2,1-5H3,(H,30,32);3-6H,7H2,1-2H3,(H,22,23);4-7H,1-3H3,(H2,10,11,12);6,8H,4-5H2,1-3H3/t20-;;;;6-/m0...0/s1. The molecule has 2 fully saturated rings. The number of anilines is 1. The van der Waals surface area contributed by atoms with Crippen molar-refractivity contribution in [2.24, 2.45) is 33.2 Å². The third-order valence-corrected chi connectivity index (χ3v) is 30.6. The molecular formula is C83H109Cl2F9N14O13S3Si3. The molecule has 2 saturated heterocycles. The van der Waals surface area contributed by atoms with Crippen LogP contribution in [0.2, 0.25) is 69.2 Å². The second kappa shape index (κ2) is 39.6. The van der Waals surface area contributed by atoms with Crippen molar-refractivity contribution in [1.29, 1.82) is 0 Å². The van der Waals surface area contributed by atoms with Crippen LogP contribution >= 0.6 is 23.2 Å². The van der Waals surface area contributed by atoms with Crippen LogP contribution in [0.25, 0.3) is 17.5 Å². The molecule has 6 aromatic heterocycles. The summed E-state index contributed by atoms with van der Waals surface area (Å²) in [5.41, 5.74) is -6.46. The zero-order chi connectivity index (χ0) is 96.0. The van der Waals surface area contributed by atoms with Gasteiger partial charge in [0, 0.05) is 54.4 Å². The number of hydrogen-bond donors (Lipinski definition) is 5. The maximum Gasteiger partial charge on any atom is 0.397 e. The van der Waals surface area contributed by atoms with Crippen molar-refractivity contribution >= 4 is 117 Å². The molecule has 11 rings (SSSR count). The second-order valence-electron chi connectivity index (χ2n) is 37.2. The molecule has 3 aromatic carbocycles. The number of pyridine rings is 3. The monoisotopic (exact) mass is 1930 g/mol. The van der Waals surface area contributed by atoms with Gasteiger partial charge >= 0.3 is 24.5 Å². The Balaban J connectivity index is 0.000000238. The second-order valence-corrected chi connectivity index (χ2v) is 58.1. The van der Waals surface area contributed by atoms with Crippen molar-refractivity contribution < 1.29 is 98.5 Å². The van der Waals surface area contributed by atoms with Crippen molar-refractivity contribution in [2.75, 3.05) is 37.8 Å². The lowest BCUT2D eigenvalue weighted by Gasteiger charge is -2.34. The van der Waals surface area contributed by atoms with Crippen LogP contribution < -0.4 is 54.6 Å². The molecule has 0 saturated carbocycles. The molecule has 0 aliphatic carbocycles. The molecule has 0 unspecified atom stereocenters. The van der Waals surface area contributed by atoms with Gasteiger partial charge in [0.25, 0.3) is 31.9 Å². The number of ether oxygens (including phenoxy) is 3. The highest BCUT2D eigenvalue weighted by molar-refractivity contribution is 7.90. The molecule has 0 spiro atoms. The van der Waals surface area contributed by atoms with E-state index in [2.05, 4.69) is 122 Å². The Labute approximate surface area is 747 Å².